The second kappa shape index (κ2) is 10.7. The third-order valence-corrected chi connectivity index (χ3v) is 16.5. The molecule has 2 heterocycles. The number of hydrogen-bond donors (Lipinski definition) is 0. The van der Waals surface area contributed by atoms with Crippen LogP contribution in [0.1, 0.15) is 36.8 Å². The van der Waals surface area contributed by atoms with Crippen LogP contribution in [0, 0.1) is 29.1 Å². The van der Waals surface area contributed by atoms with Gasteiger partial charge in [0.25, 0.3) is 0 Å². The van der Waals surface area contributed by atoms with E-state index in [4.69, 9.17) is 9.97 Å². The number of fused-ring (bicyclic) bond motifs is 16. The van der Waals surface area contributed by atoms with Crippen molar-refractivity contribution >= 4 is 54.3 Å². The van der Waals surface area contributed by atoms with E-state index >= 15 is 0 Å². The van der Waals surface area contributed by atoms with Crippen LogP contribution in [-0.4, -0.2) is 14.5 Å². The van der Waals surface area contributed by atoms with E-state index in [2.05, 4.69) is 168 Å². The van der Waals surface area contributed by atoms with E-state index in [1.165, 1.54) is 74.9 Å². The Morgan fingerprint density at radius 1 is 0.492 bits per heavy atom. The van der Waals surface area contributed by atoms with Crippen molar-refractivity contribution in [2.24, 2.45) is 29.1 Å². The van der Waals surface area contributed by atoms with Crippen molar-refractivity contribution in [3.05, 3.63) is 175 Å². The van der Waals surface area contributed by atoms with Crippen molar-refractivity contribution in [2.75, 3.05) is 0 Å². The fourth-order valence-corrected chi connectivity index (χ4v) is 14.5. The summed E-state index contributed by atoms with van der Waals surface area (Å²) in [6.45, 7) is 0. The highest BCUT2D eigenvalue weighted by molar-refractivity contribution is 6.22. The highest BCUT2D eigenvalue weighted by atomic mass is 15.2. The Morgan fingerprint density at radius 2 is 1.20 bits per heavy atom. The molecular weight excluding hydrogens is 715 g/mol. The molecule has 59 heavy (non-hydrogen) atoms. The van der Waals surface area contributed by atoms with Crippen molar-refractivity contribution in [1.29, 1.82) is 0 Å². The fourth-order valence-electron chi connectivity index (χ4n) is 14.5. The summed E-state index contributed by atoms with van der Waals surface area (Å²) in [5.74, 6) is 4.25. The van der Waals surface area contributed by atoms with Gasteiger partial charge in [-0.25, -0.2) is 9.97 Å². The molecule has 0 N–H and O–H groups in total. The Morgan fingerprint density at radius 3 is 2.10 bits per heavy atom. The van der Waals surface area contributed by atoms with Gasteiger partial charge in [-0.15, -0.1) is 0 Å². The predicted molar refractivity (Wildman–Crippen MR) is 241 cm³/mol. The van der Waals surface area contributed by atoms with Crippen LogP contribution in [0.4, 0.5) is 0 Å². The summed E-state index contributed by atoms with van der Waals surface area (Å²) >= 11 is 0. The van der Waals surface area contributed by atoms with E-state index in [0.717, 1.165) is 62.3 Å². The molecule has 0 aliphatic heterocycles. The molecule has 0 radical (unpaired) electrons. The summed E-state index contributed by atoms with van der Waals surface area (Å²) in [7, 11) is 0. The minimum Gasteiger partial charge on any atom is -0.278 e. The third-order valence-electron chi connectivity index (χ3n) is 16.5. The first-order valence-electron chi connectivity index (χ1n) is 21.7. The molecule has 278 valence electrons. The van der Waals surface area contributed by atoms with E-state index in [1.54, 1.807) is 11.1 Å². The van der Waals surface area contributed by atoms with Gasteiger partial charge in [-0.2, -0.15) is 0 Å². The van der Waals surface area contributed by atoms with E-state index in [9.17, 15) is 0 Å². The van der Waals surface area contributed by atoms with Crippen LogP contribution >= 0.6 is 0 Å². The van der Waals surface area contributed by atoms with Gasteiger partial charge in [0.2, 0.25) is 5.95 Å². The highest BCUT2D eigenvalue weighted by Crippen LogP contribution is 2.89. The third kappa shape index (κ3) is 3.65. The summed E-state index contributed by atoms with van der Waals surface area (Å²) in [5, 5.41) is 8.29. The average molecular weight is 754 g/mol. The molecular formula is C56H39N3. The monoisotopic (exact) mass is 753 g/mol. The van der Waals surface area contributed by atoms with Gasteiger partial charge >= 0.3 is 0 Å². The van der Waals surface area contributed by atoms with Gasteiger partial charge in [-0.1, -0.05) is 140 Å². The van der Waals surface area contributed by atoms with Crippen molar-refractivity contribution in [1.82, 2.24) is 14.5 Å². The van der Waals surface area contributed by atoms with Crippen molar-refractivity contribution in [3.8, 4) is 39.5 Å². The molecule has 0 amide bonds. The van der Waals surface area contributed by atoms with Gasteiger partial charge in [0, 0.05) is 32.5 Å². The van der Waals surface area contributed by atoms with Gasteiger partial charge in [0.1, 0.15) is 0 Å². The molecule has 15 rings (SSSR count). The minimum absolute atomic E-state index is 0.210. The molecule has 8 aromatic carbocycles. The van der Waals surface area contributed by atoms with Crippen LogP contribution in [0.25, 0.3) is 93.7 Å². The first-order chi connectivity index (χ1) is 29.2. The number of aromatic nitrogens is 3. The van der Waals surface area contributed by atoms with E-state index in [-0.39, 0.29) is 5.41 Å². The first-order valence-corrected chi connectivity index (χ1v) is 21.7. The average Bonchev–Trinajstić information content (AvgIpc) is 4.02. The number of benzene rings is 8. The smallest absolute Gasteiger partial charge is 0.235 e. The second-order valence-corrected chi connectivity index (χ2v) is 18.5. The lowest BCUT2D eigenvalue weighted by Gasteiger charge is -2.76. The van der Waals surface area contributed by atoms with E-state index in [1.807, 2.05) is 0 Å². The summed E-state index contributed by atoms with van der Waals surface area (Å²) < 4.78 is 2.34. The topological polar surface area (TPSA) is 30.7 Å². The van der Waals surface area contributed by atoms with Crippen molar-refractivity contribution in [2.45, 2.75) is 31.1 Å². The van der Waals surface area contributed by atoms with Crippen LogP contribution in [0.15, 0.2) is 164 Å². The second-order valence-electron chi connectivity index (χ2n) is 18.5. The Balaban J connectivity index is 0.981. The number of rotatable bonds is 3. The maximum Gasteiger partial charge on any atom is 0.235 e. The van der Waals surface area contributed by atoms with Crippen molar-refractivity contribution < 1.29 is 0 Å². The quantitative estimate of drug-likeness (QED) is 0.168. The molecule has 4 saturated carbocycles. The summed E-state index contributed by atoms with van der Waals surface area (Å²) in [5.41, 5.74) is 14.7. The molecule has 3 nitrogen and oxygen atoms in total. The lowest BCUT2D eigenvalue weighted by molar-refractivity contribution is -0.231. The number of nitrogens with zero attached hydrogens (tertiary/aromatic N) is 3. The zero-order valence-corrected chi connectivity index (χ0v) is 32.6. The molecule has 10 aromatic rings. The lowest BCUT2D eigenvalue weighted by atomic mass is 9.27. The molecule has 6 unspecified atom stereocenters. The molecule has 3 heteroatoms. The van der Waals surface area contributed by atoms with Gasteiger partial charge in [-0.05, 0) is 129 Å². The Labute approximate surface area is 342 Å². The Bertz CT molecular complexity index is 3510. The summed E-state index contributed by atoms with van der Waals surface area (Å²) in [4.78, 5) is 11.0. The molecule has 0 saturated heterocycles. The Hall–Kier alpha value is -6.58. The van der Waals surface area contributed by atoms with Crippen LogP contribution < -0.4 is 0 Å². The first kappa shape index (κ1) is 31.4. The largest absolute Gasteiger partial charge is 0.278 e. The maximum absolute atomic E-state index is 5.52. The fraction of sp³-hybridized carbons (Fsp3) is 0.179. The molecule has 2 aromatic heterocycles. The summed E-state index contributed by atoms with van der Waals surface area (Å²) in [6, 6.07) is 61.0. The minimum atomic E-state index is 0.210. The van der Waals surface area contributed by atoms with Gasteiger partial charge in [0.15, 0.2) is 0 Å². The van der Waals surface area contributed by atoms with Gasteiger partial charge in [-0.3, -0.25) is 4.57 Å². The lowest BCUT2D eigenvalue weighted by Crippen LogP contribution is -2.73. The maximum atomic E-state index is 5.52. The van der Waals surface area contributed by atoms with Crippen LogP contribution in [-0.2, 0) is 5.41 Å². The highest BCUT2D eigenvalue weighted by Gasteiger charge is 2.84. The van der Waals surface area contributed by atoms with Crippen molar-refractivity contribution in [3.63, 3.8) is 0 Å². The summed E-state index contributed by atoms with van der Waals surface area (Å²) in [6.07, 6.45) is 5.85. The molecule has 5 aliphatic rings. The molecule has 4 fully saturated rings. The number of hydrogen-bond acceptors (Lipinski definition) is 2. The molecule has 5 aliphatic carbocycles. The van der Waals surface area contributed by atoms with Crippen LogP contribution in [0.3, 0.4) is 0 Å². The van der Waals surface area contributed by atoms with Gasteiger partial charge in [0.05, 0.1) is 22.2 Å². The van der Waals surface area contributed by atoms with E-state index < -0.39 is 0 Å². The Kier molecular flexibility index (Phi) is 5.71. The molecule has 6 atom stereocenters. The standard InChI is InChI=1S/C56H39N3/c1-2-12-35(13-3-1)52-43-23-18-34-11-5-7-15-40(34)53(43)58-54(57-52)59-47-25-21-33-10-4-6-14-39(33)51(47)42-22-19-37(29-48(42)59)36-20-24-46-44(28-36)41-16-8-9-17-45(41)56(46)49-27-32-26-38-30-50(56)55(38,49)31-32/h1-25,28-29,32,38,49-50H,26-27,30-31H2. The predicted octanol–water partition coefficient (Wildman–Crippen LogP) is 13.7. The van der Waals surface area contributed by atoms with Crippen LogP contribution in [0.2, 0.25) is 0 Å². The normalized spacial score (nSPS) is 25.5. The molecule has 2 spiro atoms. The SMILES string of the molecule is c1ccc(-c2nc(-n3c4cc(-c5ccc6c(c5)-c5ccccc5C65C6CC7CC8CC5C86C7)ccc4c4c5ccccc5ccc43)nc3c2ccc2ccccc23)cc1. The van der Waals surface area contributed by atoms with E-state index in [0.29, 0.717) is 11.4 Å². The van der Waals surface area contributed by atoms with Crippen LogP contribution in [0.5, 0.6) is 0 Å². The van der Waals surface area contributed by atoms with Gasteiger partial charge < -0.3 is 0 Å². The zero-order valence-electron chi connectivity index (χ0n) is 32.6. The molecule has 2 bridgehead atoms. The zero-order chi connectivity index (χ0) is 38.2.